The average Bonchev–Trinajstić information content (AvgIpc) is 3.49. The predicted octanol–water partition coefficient (Wildman–Crippen LogP) is 3.99. The number of rotatable bonds is 5. The van der Waals surface area contributed by atoms with Gasteiger partial charge in [0.25, 0.3) is 11.8 Å². The number of imide groups is 1. The topological polar surface area (TPSA) is 82.6 Å². The molecule has 5 rings (SSSR count). The quantitative estimate of drug-likeness (QED) is 0.616. The smallest absolute Gasteiger partial charge is 0.323 e. The first-order valence-electron chi connectivity index (χ1n) is 10.3. The Morgan fingerprint density at radius 2 is 1.90 bits per heavy atom. The number of hydrogen-bond acceptors (Lipinski definition) is 5. The summed E-state index contributed by atoms with van der Waals surface area (Å²) < 4.78 is 0.959. The molecule has 8 heteroatoms. The molecule has 7 nitrogen and oxygen atoms in total. The SMILES string of the molecule is Cc1ccccc1N(C(=O)CN1C(=O)N[C@](C)(C2CC2)C1=O)c1nc2ccccc2s1. The van der Waals surface area contributed by atoms with Crippen LogP contribution in [0.4, 0.5) is 15.6 Å². The first-order valence-corrected chi connectivity index (χ1v) is 11.1. The molecule has 2 fully saturated rings. The number of fused-ring (bicyclic) bond motifs is 1. The van der Waals surface area contributed by atoms with E-state index in [1.807, 2.05) is 55.5 Å². The summed E-state index contributed by atoms with van der Waals surface area (Å²) in [5.41, 5.74) is 1.46. The molecule has 1 atom stereocenters. The van der Waals surface area contributed by atoms with Gasteiger partial charge in [0.15, 0.2) is 5.13 Å². The van der Waals surface area contributed by atoms with Crippen LogP contribution < -0.4 is 10.2 Å². The van der Waals surface area contributed by atoms with Crippen LogP contribution in [0, 0.1) is 12.8 Å². The van der Waals surface area contributed by atoms with Crippen molar-refractivity contribution in [1.29, 1.82) is 0 Å². The third-order valence-corrected chi connectivity index (χ3v) is 7.09. The van der Waals surface area contributed by atoms with Gasteiger partial charge in [0, 0.05) is 0 Å². The van der Waals surface area contributed by atoms with Crippen LogP contribution in [0.3, 0.4) is 0 Å². The minimum Gasteiger partial charge on any atom is -0.323 e. The largest absolute Gasteiger partial charge is 0.325 e. The maximum atomic E-state index is 13.5. The molecule has 31 heavy (non-hydrogen) atoms. The molecule has 1 saturated carbocycles. The lowest BCUT2D eigenvalue weighted by atomic mass is 9.96. The van der Waals surface area contributed by atoms with Crippen molar-refractivity contribution < 1.29 is 14.4 Å². The molecule has 1 saturated heterocycles. The monoisotopic (exact) mass is 434 g/mol. The fraction of sp³-hybridized carbons (Fsp3) is 0.304. The molecule has 4 amide bonds. The van der Waals surface area contributed by atoms with Crippen molar-refractivity contribution in [3.05, 3.63) is 54.1 Å². The van der Waals surface area contributed by atoms with E-state index in [1.54, 1.807) is 6.92 Å². The van der Waals surface area contributed by atoms with Crippen LogP contribution in [-0.2, 0) is 9.59 Å². The number of aryl methyl sites for hydroxylation is 1. The second kappa shape index (κ2) is 7.16. The minimum absolute atomic E-state index is 0.140. The summed E-state index contributed by atoms with van der Waals surface area (Å²) >= 11 is 1.40. The lowest BCUT2D eigenvalue weighted by Gasteiger charge is -2.24. The Balaban J connectivity index is 1.51. The third-order valence-electron chi connectivity index (χ3n) is 6.07. The molecule has 0 unspecified atom stereocenters. The maximum absolute atomic E-state index is 13.5. The van der Waals surface area contributed by atoms with Gasteiger partial charge in [-0.3, -0.25) is 19.4 Å². The van der Waals surface area contributed by atoms with E-state index in [1.165, 1.54) is 16.2 Å². The van der Waals surface area contributed by atoms with Gasteiger partial charge in [-0.25, -0.2) is 9.78 Å². The molecule has 1 aliphatic heterocycles. The number of nitrogens with one attached hydrogen (secondary N) is 1. The highest BCUT2D eigenvalue weighted by atomic mass is 32.1. The Hall–Kier alpha value is -3.26. The molecule has 0 spiro atoms. The summed E-state index contributed by atoms with van der Waals surface area (Å²) in [6.07, 6.45) is 1.82. The molecule has 2 aromatic carbocycles. The number of anilines is 2. The second-order valence-electron chi connectivity index (χ2n) is 8.28. The number of thiazole rings is 1. The molecular weight excluding hydrogens is 412 g/mol. The number of para-hydroxylation sites is 2. The fourth-order valence-corrected chi connectivity index (χ4v) is 5.11. The molecule has 1 N–H and O–H groups in total. The van der Waals surface area contributed by atoms with E-state index in [9.17, 15) is 14.4 Å². The summed E-state index contributed by atoms with van der Waals surface area (Å²) in [5.74, 6) is -0.569. The van der Waals surface area contributed by atoms with Crippen LogP contribution in [0.5, 0.6) is 0 Å². The average molecular weight is 435 g/mol. The minimum atomic E-state index is -0.916. The molecule has 0 bridgehead atoms. The molecule has 2 heterocycles. The van der Waals surface area contributed by atoms with Crippen molar-refractivity contribution in [2.75, 3.05) is 11.4 Å². The number of nitrogens with zero attached hydrogens (tertiary/aromatic N) is 3. The van der Waals surface area contributed by atoms with Gasteiger partial charge in [0.1, 0.15) is 12.1 Å². The summed E-state index contributed by atoms with van der Waals surface area (Å²) in [6.45, 7) is 3.33. The summed E-state index contributed by atoms with van der Waals surface area (Å²) in [6, 6.07) is 14.7. The van der Waals surface area contributed by atoms with Gasteiger partial charge >= 0.3 is 6.03 Å². The van der Waals surface area contributed by atoms with Crippen LogP contribution in [0.2, 0.25) is 0 Å². The Bertz CT molecular complexity index is 1190. The lowest BCUT2D eigenvalue weighted by Crippen LogP contribution is -2.47. The molecule has 158 valence electrons. The van der Waals surface area contributed by atoms with Crippen LogP contribution >= 0.6 is 11.3 Å². The molecule has 3 aromatic rings. The lowest BCUT2D eigenvalue weighted by molar-refractivity contribution is -0.134. The Labute approximate surface area is 183 Å². The Morgan fingerprint density at radius 1 is 1.19 bits per heavy atom. The van der Waals surface area contributed by atoms with E-state index in [0.717, 1.165) is 33.5 Å². The Morgan fingerprint density at radius 3 is 2.61 bits per heavy atom. The van der Waals surface area contributed by atoms with E-state index in [-0.39, 0.29) is 24.3 Å². The van der Waals surface area contributed by atoms with E-state index in [4.69, 9.17) is 0 Å². The van der Waals surface area contributed by atoms with Gasteiger partial charge in [-0.05, 0) is 56.4 Å². The van der Waals surface area contributed by atoms with Gasteiger partial charge < -0.3 is 5.32 Å². The zero-order chi connectivity index (χ0) is 21.8. The van der Waals surface area contributed by atoms with Gasteiger partial charge in [-0.1, -0.05) is 41.7 Å². The van der Waals surface area contributed by atoms with Crippen molar-refractivity contribution in [3.63, 3.8) is 0 Å². The maximum Gasteiger partial charge on any atom is 0.325 e. The fourth-order valence-electron chi connectivity index (χ4n) is 4.12. The number of carbonyl (C=O) groups is 3. The van der Waals surface area contributed by atoms with Crippen LogP contribution in [0.1, 0.15) is 25.3 Å². The van der Waals surface area contributed by atoms with E-state index >= 15 is 0 Å². The molecule has 2 aliphatic rings. The zero-order valence-electron chi connectivity index (χ0n) is 17.3. The van der Waals surface area contributed by atoms with Gasteiger partial charge in [0.05, 0.1) is 15.9 Å². The van der Waals surface area contributed by atoms with E-state index in [0.29, 0.717) is 10.8 Å². The highest BCUT2D eigenvalue weighted by Crippen LogP contribution is 2.43. The Kier molecular flexibility index (Phi) is 4.55. The molecule has 0 radical (unpaired) electrons. The second-order valence-corrected chi connectivity index (χ2v) is 9.29. The molecule has 1 aromatic heterocycles. The highest BCUT2D eigenvalue weighted by Gasteiger charge is 2.56. The number of benzene rings is 2. The van der Waals surface area contributed by atoms with Gasteiger partial charge in [0.2, 0.25) is 0 Å². The first kappa shape index (κ1) is 19.7. The first-order chi connectivity index (χ1) is 14.9. The van der Waals surface area contributed by atoms with Crippen LogP contribution in [0.25, 0.3) is 10.2 Å². The van der Waals surface area contributed by atoms with Gasteiger partial charge in [-0.15, -0.1) is 0 Å². The normalized spacial score (nSPS) is 20.9. The van der Waals surface area contributed by atoms with Crippen molar-refractivity contribution in [2.45, 2.75) is 32.2 Å². The zero-order valence-corrected chi connectivity index (χ0v) is 18.1. The molecule has 1 aliphatic carbocycles. The van der Waals surface area contributed by atoms with Crippen LogP contribution in [-0.4, -0.2) is 39.8 Å². The summed E-state index contributed by atoms with van der Waals surface area (Å²) in [4.78, 5) is 46.3. The van der Waals surface area contributed by atoms with E-state index in [2.05, 4.69) is 10.3 Å². The van der Waals surface area contributed by atoms with Crippen LogP contribution in [0.15, 0.2) is 48.5 Å². The number of amides is 4. The predicted molar refractivity (Wildman–Crippen MR) is 119 cm³/mol. The highest BCUT2D eigenvalue weighted by molar-refractivity contribution is 7.22. The number of aromatic nitrogens is 1. The van der Waals surface area contributed by atoms with Crippen molar-refractivity contribution in [2.24, 2.45) is 5.92 Å². The van der Waals surface area contributed by atoms with Crippen molar-refractivity contribution >= 4 is 50.2 Å². The number of hydrogen-bond donors (Lipinski definition) is 1. The number of carbonyl (C=O) groups excluding carboxylic acids is 3. The standard InChI is InChI=1S/C23H22N4O3S/c1-14-7-3-5-9-17(14)27(22-24-16-8-4-6-10-18(16)31-22)19(28)13-26-20(29)23(2,15-11-12-15)25-21(26)30/h3-10,15H,11-13H2,1-2H3,(H,25,30)/t23-/m1/s1. The number of urea groups is 1. The van der Waals surface area contributed by atoms with E-state index < -0.39 is 11.6 Å². The summed E-state index contributed by atoms with van der Waals surface area (Å²) in [7, 11) is 0. The molecular formula is C23H22N4O3S. The third kappa shape index (κ3) is 3.27. The summed E-state index contributed by atoms with van der Waals surface area (Å²) in [5, 5.41) is 3.31. The van der Waals surface area contributed by atoms with Crippen molar-refractivity contribution in [1.82, 2.24) is 15.2 Å². The van der Waals surface area contributed by atoms with Crippen molar-refractivity contribution in [3.8, 4) is 0 Å². The van der Waals surface area contributed by atoms with Gasteiger partial charge in [-0.2, -0.15) is 0 Å².